The first-order valence-corrected chi connectivity index (χ1v) is 10.3. The number of halogens is 2. The Morgan fingerprint density at radius 1 is 0.875 bits per heavy atom. The van der Waals surface area contributed by atoms with Crippen LogP contribution in [0.15, 0.2) is 65.8 Å². The highest BCUT2D eigenvalue weighted by atomic mass is 35.5. The Labute approximate surface area is 193 Å². The Kier molecular flexibility index (Phi) is 6.30. The summed E-state index contributed by atoms with van der Waals surface area (Å²) in [4.78, 5) is 24.8. The first-order valence-electron chi connectivity index (χ1n) is 9.52. The van der Waals surface area contributed by atoms with Crippen LogP contribution in [0.5, 0.6) is 11.5 Å². The van der Waals surface area contributed by atoms with Gasteiger partial charge in [0.2, 0.25) is 6.79 Å². The average molecular weight is 470 g/mol. The average Bonchev–Trinajstić information content (AvgIpc) is 3.25. The van der Waals surface area contributed by atoms with Crippen LogP contribution in [0.2, 0.25) is 10.0 Å². The zero-order chi connectivity index (χ0) is 22.7. The van der Waals surface area contributed by atoms with Gasteiger partial charge in [-0.2, -0.15) is 5.10 Å². The second-order valence-electron chi connectivity index (χ2n) is 6.86. The summed E-state index contributed by atoms with van der Waals surface area (Å²) in [6, 6.07) is 16.6. The molecule has 0 unspecified atom stereocenters. The van der Waals surface area contributed by atoms with Gasteiger partial charge in [0.05, 0.1) is 16.3 Å². The van der Waals surface area contributed by atoms with E-state index in [1.54, 1.807) is 61.5 Å². The van der Waals surface area contributed by atoms with E-state index >= 15 is 0 Å². The molecule has 3 aromatic carbocycles. The molecule has 3 aromatic rings. The van der Waals surface area contributed by atoms with Crippen molar-refractivity contribution in [3.63, 3.8) is 0 Å². The van der Waals surface area contributed by atoms with E-state index in [-0.39, 0.29) is 23.6 Å². The zero-order valence-corrected chi connectivity index (χ0v) is 18.3. The van der Waals surface area contributed by atoms with Gasteiger partial charge in [0.15, 0.2) is 11.5 Å². The fourth-order valence-electron chi connectivity index (χ4n) is 2.97. The number of hydrogen-bond acceptors (Lipinski definition) is 5. The van der Waals surface area contributed by atoms with Gasteiger partial charge < -0.3 is 14.8 Å². The van der Waals surface area contributed by atoms with E-state index in [9.17, 15) is 9.59 Å². The molecule has 1 aliphatic rings. The molecule has 0 atom stereocenters. The van der Waals surface area contributed by atoms with Crippen molar-refractivity contribution in [2.45, 2.75) is 6.92 Å². The van der Waals surface area contributed by atoms with Crippen LogP contribution in [-0.4, -0.2) is 24.3 Å². The maximum atomic E-state index is 12.4. The first-order chi connectivity index (χ1) is 15.4. The van der Waals surface area contributed by atoms with Crippen LogP contribution in [0.1, 0.15) is 33.2 Å². The molecular formula is C23H17Cl2N3O4. The topological polar surface area (TPSA) is 89.0 Å². The number of benzene rings is 3. The summed E-state index contributed by atoms with van der Waals surface area (Å²) in [7, 11) is 0. The van der Waals surface area contributed by atoms with Crippen LogP contribution >= 0.6 is 23.2 Å². The number of anilines is 1. The molecule has 1 heterocycles. The minimum absolute atomic E-state index is 0.140. The van der Waals surface area contributed by atoms with Crippen molar-refractivity contribution in [1.82, 2.24) is 5.43 Å². The summed E-state index contributed by atoms with van der Waals surface area (Å²) in [5, 5.41) is 7.65. The van der Waals surface area contributed by atoms with Crippen LogP contribution < -0.4 is 20.2 Å². The molecule has 9 heteroatoms. The first kappa shape index (κ1) is 21.7. The third-order valence-corrected chi connectivity index (χ3v) is 5.24. The fourth-order valence-corrected chi connectivity index (χ4v) is 3.46. The number of amides is 2. The molecule has 7 nitrogen and oxygen atoms in total. The van der Waals surface area contributed by atoms with Crippen molar-refractivity contribution >= 4 is 46.4 Å². The van der Waals surface area contributed by atoms with Crippen molar-refractivity contribution in [2.24, 2.45) is 5.10 Å². The number of hydrogen-bond donors (Lipinski definition) is 2. The molecule has 0 aromatic heterocycles. The number of rotatable bonds is 5. The molecule has 0 saturated carbocycles. The molecular weight excluding hydrogens is 453 g/mol. The van der Waals surface area contributed by atoms with Gasteiger partial charge >= 0.3 is 0 Å². The lowest BCUT2D eigenvalue weighted by atomic mass is 10.1. The quantitative estimate of drug-likeness (QED) is 0.400. The Morgan fingerprint density at radius 3 is 2.34 bits per heavy atom. The zero-order valence-electron chi connectivity index (χ0n) is 16.8. The van der Waals surface area contributed by atoms with E-state index in [4.69, 9.17) is 32.7 Å². The van der Waals surface area contributed by atoms with Gasteiger partial charge in [0, 0.05) is 16.3 Å². The van der Waals surface area contributed by atoms with Crippen LogP contribution in [0.4, 0.5) is 5.69 Å². The molecule has 0 saturated heterocycles. The number of hydrazone groups is 1. The number of nitrogens with zero attached hydrogens (tertiary/aromatic N) is 1. The van der Waals surface area contributed by atoms with E-state index in [0.717, 1.165) is 5.56 Å². The van der Waals surface area contributed by atoms with Crippen LogP contribution in [0, 0.1) is 0 Å². The smallest absolute Gasteiger partial charge is 0.271 e. The highest BCUT2D eigenvalue weighted by molar-refractivity contribution is 6.37. The molecule has 2 amide bonds. The number of carbonyl (C=O) groups excluding carboxylic acids is 2. The highest BCUT2D eigenvalue weighted by Crippen LogP contribution is 2.32. The predicted octanol–water partition coefficient (Wildman–Crippen LogP) is 5.13. The second kappa shape index (κ2) is 9.30. The van der Waals surface area contributed by atoms with Gasteiger partial charge in [-0.05, 0) is 61.0 Å². The van der Waals surface area contributed by atoms with Gasteiger partial charge in [0.25, 0.3) is 11.8 Å². The second-order valence-corrected chi connectivity index (χ2v) is 7.71. The molecule has 0 fully saturated rings. The van der Waals surface area contributed by atoms with Crippen molar-refractivity contribution in [3.8, 4) is 11.5 Å². The minimum Gasteiger partial charge on any atom is -0.454 e. The molecule has 32 heavy (non-hydrogen) atoms. The summed E-state index contributed by atoms with van der Waals surface area (Å²) in [6.45, 7) is 1.90. The maximum Gasteiger partial charge on any atom is 0.271 e. The van der Waals surface area contributed by atoms with Gasteiger partial charge in [-0.15, -0.1) is 0 Å². The number of ether oxygens (including phenoxy) is 2. The van der Waals surface area contributed by atoms with Crippen molar-refractivity contribution in [3.05, 3.63) is 87.4 Å². The molecule has 1 aliphatic heterocycles. The molecule has 162 valence electrons. The van der Waals surface area contributed by atoms with Crippen LogP contribution in [0.3, 0.4) is 0 Å². The summed E-state index contributed by atoms with van der Waals surface area (Å²) < 4.78 is 10.5. The third kappa shape index (κ3) is 4.85. The standard InChI is InChI=1S/C23H17Cl2N3O4/c1-13(27-28-22(29)15-4-9-20-21(10-15)32-12-31-20)14-2-6-17(7-3-14)26-23(30)18-8-5-16(24)11-19(18)25/h2-11H,12H2,1H3,(H,26,30)(H,28,29)/b27-13+. The van der Waals surface area contributed by atoms with Gasteiger partial charge in [0.1, 0.15) is 0 Å². The van der Waals surface area contributed by atoms with Gasteiger partial charge in [-0.25, -0.2) is 5.43 Å². The van der Waals surface area contributed by atoms with E-state index < -0.39 is 0 Å². The summed E-state index contributed by atoms with van der Waals surface area (Å²) in [6.07, 6.45) is 0. The van der Waals surface area contributed by atoms with Crippen molar-refractivity contribution in [1.29, 1.82) is 0 Å². The Morgan fingerprint density at radius 2 is 1.59 bits per heavy atom. The molecule has 2 N–H and O–H groups in total. The minimum atomic E-state index is -0.369. The molecule has 0 spiro atoms. The lowest BCUT2D eigenvalue weighted by molar-refractivity contribution is 0.0953. The normalized spacial score (nSPS) is 12.4. The number of fused-ring (bicyclic) bond motifs is 1. The Balaban J connectivity index is 1.39. The summed E-state index contributed by atoms with van der Waals surface area (Å²) in [5.74, 6) is 0.412. The third-order valence-electron chi connectivity index (χ3n) is 4.70. The predicted molar refractivity (Wildman–Crippen MR) is 123 cm³/mol. The van der Waals surface area contributed by atoms with Crippen molar-refractivity contribution < 1.29 is 19.1 Å². The molecule has 0 radical (unpaired) electrons. The van der Waals surface area contributed by atoms with E-state index in [2.05, 4.69) is 15.8 Å². The maximum absolute atomic E-state index is 12.4. The highest BCUT2D eigenvalue weighted by Gasteiger charge is 2.16. The SMILES string of the molecule is C/C(=N\NC(=O)c1ccc2c(c1)OCO2)c1ccc(NC(=O)c2ccc(Cl)cc2Cl)cc1. The van der Waals surface area contributed by atoms with E-state index in [1.807, 2.05) is 0 Å². The lowest BCUT2D eigenvalue weighted by Gasteiger charge is -2.08. The Hall–Kier alpha value is -3.55. The number of carbonyl (C=O) groups is 2. The van der Waals surface area contributed by atoms with Crippen LogP contribution in [-0.2, 0) is 0 Å². The Bertz CT molecular complexity index is 1230. The van der Waals surface area contributed by atoms with Gasteiger partial charge in [-0.1, -0.05) is 35.3 Å². The summed E-state index contributed by atoms with van der Waals surface area (Å²) in [5.41, 5.74) is 5.21. The van der Waals surface area contributed by atoms with Crippen LogP contribution in [0.25, 0.3) is 0 Å². The number of nitrogens with one attached hydrogen (secondary N) is 2. The fraction of sp³-hybridized carbons (Fsp3) is 0.0870. The molecule has 4 rings (SSSR count). The molecule has 0 aliphatic carbocycles. The lowest BCUT2D eigenvalue weighted by Crippen LogP contribution is -2.19. The van der Waals surface area contributed by atoms with Gasteiger partial charge in [-0.3, -0.25) is 9.59 Å². The molecule has 0 bridgehead atoms. The van der Waals surface area contributed by atoms with Crippen molar-refractivity contribution in [2.75, 3.05) is 12.1 Å². The largest absolute Gasteiger partial charge is 0.454 e. The monoisotopic (exact) mass is 469 g/mol. The van der Waals surface area contributed by atoms with E-state index in [1.165, 1.54) is 6.07 Å². The summed E-state index contributed by atoms with van der Waals surface area (Å²) >= 11 is 11.9. The van der Waals surface area contributed by atoms with E-state index in [0.29, 0.717) is 39.0 Å².